The second-order valence-corrected chi connectivity index (χ2v) is 7.93. The van der Waals surface area contributed by atoms with Gasteiger partial charge in [0.15, 0.2) is 0 Å². The molecule has 1 amide bonds. The number of likely N-dealkylation sites (tertiary alicyclic amines) is 1. The summed E-state index contributed by atoms with van der Waals surface area (Å²) < 4.78 is 0. The van der Waals surface area contributed by atoms with Gasteiger partial charge in [0.05, 0.1) is 29.6 Å². The van der Waals surface area contributed by atoms with Crippen molar-refractivity contribution in [1.82, 2.24) is 4.90 Å². The zero-order valence-corrected chi connectivity index (χ0v) is 16.0. The van der Waals surface area contributed by atoms with Crippen LogP contribution in [-0.2, 0) is 11.2 Å². The molecule has 23 heavy (non-hydrogen) atoms. The van der Waals surface area contributed by atoms with Crippen molar-refractivity contribution in [2.24, 2.45) is 0 Å². The lowest BCUT2D eigenvalue weighted by molar-refractivity contribution is -0.857. The molecule has 0 radical (unpaired) electrons. The van der Waals surface area contributed by atoms with Gasteiger partial charge in [-0.15, -0.1) is 0 Å². The highest BCUT2D eigenvalue weighted by Crippen LogP contribution is 2.23. The zero-order chi connectivity index (χ0) is 17.2. The largest absolute Gasteiger partial charge is 0.316 e. The molecular formula is C18H27Cl2N2O+. The van der Waals surface area contributed by atoms with E-state index in [-0.39, 0.29) is 11.4 Å². The van der Waals surface area contributed by atoms with Gasteiger partial charge in [0.2, 0.25) is 0 Å². The molecule has 0 bridgehead atoms. The predicted molar refractivity (Wildman–Crippen MR) is 96.4 cm³/mol. The van der Waals surface area contributed by atoms with Crippen LogP contribution in [0.5, 0.6) is 0 Å². The monoisotopic (exact) mass is 357 g/mol. The summed E-state index contributed by atoms with van der Waals surface area (Å²) in [6.45, 7) is 8.87. The summed E-state index contributed by atoms with van der Waals surface area (Å²) in [7, 11) is 1.98. The summed E-state index contributed by atoms with van der Waals surface area (Å²) in [6.07, 6.45) is 2.90. The topological polar surface area (TPSA) is 24.8 Å². The molecule has 1 aromatic rings. The van der Waals surface area contributed by atoms with Crippen molar-refractivity contribution in [1.29, 1.82) is 0 Å². The second kappa shape index (κ2) is 7.52. The molecule has 1 unspecified atom stereocenters. The lowest BCUT2D eigenvalue weighted by Gasteiger charge is -2.40. The van der Waals surface area contributed by atoms with Crippen LogP contribution in [-0.4, -0.2) is 42.5 Å². The maximum absolute atomic E-state index is 12.7. The van der Waals surface area contributed by atoms with Crippen LogP contribution in [0, 0.1) is 0 Å². The van der Waals surface area contributed by atoms with Crippen LogP contribution in [0.15, 0.2) is 18.2 Å². The molecule has 0 saturated carbocycles. The van der Waals surface area contributed by atoms with Gasteiger partial charge in [0.25, 0.3) is 0 Å². The molecule has 0 aromatic heterocycles. The maximum Gasteiger partial charge on any atom is 0.316 e. The van der Waals surface area contributed by atoms with Gasteiger partial charge in [0.1, 0.15) is 5.54 Å². The average Bonchev–Trinajstić information content (AvgIpc) is 3.03. The van der Waals surface area contributed by atoms with Gasteiger partial charge in [-0.1, -0.05) is 29.3 Å². The average molecular weight is 358 g/mol. The number of rotatable bonds is 5. The van der Waals surface area contributed by atoms with Gasteiger partial charge in [-0.3, -0.25) is 9.80 Å². The highest BCUT2D eigenvalue weighted by Gasteiger charge is 2.41. The number of quaternary nitrogens is 1. The molecule has 2 rings (SSSR count). The Morgan fingerprint density at radius 1 is 1.26 bits per heavy atom. The second-order valence-electron chi connectivity index (χ2n) is 7.11. The van der Waals surface area contributed by atoms with Crippen LogP contribution in [0.3, 0.4) is 0 Å². The standard InChI is InChI=1S/C18H26Cl2N2O/c1-13(22-9-5-6-10-22)18(2,3)21(4)17(23)12-14-7-8-15(19)16(20)11-14/h7-8,11,13H,5-6,9-10,12H2,1-4H3/p+1/t13-/m0/s1. The van der Waals surface area contributed by atoms with Gasteiger partial charge in [-0.25, -0.2) is 4.79 Å². The molecule has 1 fully saturated rings. The molecule has 1 aliphatic rings. The Kier molecular flexibility index (Phi) is 6.12. The molecule has 5 heteroatoms. The minimum atomic E-state index is -0.141. The first-order valence-corrected chi connectivity index (χ1v) is 9.04. The molecule has 0 aliphatic carbocycles. The van der Waals surface area contributed by atoms with E-state index in [4.69, 9.17) is 23.2 Å². The van der Waals surface area contributed by atoms with Gasteiger partial charge >= 0.3 is 5.91 Å². The first-order chi connectivity index (χ1) is 10.7. The summed E-state index contributed by atoms with van der Waals surface area (Å²) in [5, 5.41) is 1.02. The van der Waals surface area contributed by atoms with Crippen LogP contribution in [0.4, 0.5) is 0 Å². The van der Waals surface area contributed by atoms with E-state index < -0.39 is 0 Å². The fourth-order valence-corrected chi connectivity index (χ4v) is 3.55. The van der Waals surface area contributed by atoms with Gasteiger partial charge < -0.3 is 0 Å². The molecule has 128 valence electrons. The van der Waals surface area contributed by atoms with Crippen LogP contribution >= 0.6 is 23.2 Å². The fraction of sp³-hybridized carbons (Fsp3) is 0.611. The Morgan fingerprint density at radius 2 is 1.87 bits per heavy atom. The Bertz CT molecular complexity index is 568. The van der Waals surface area contributed by atoms with Crippen molar-refractivity contribution in [2.45, 2.75) is 51.6 Å². The van der Waals surface area contributed by atoms with E-state index >= 15 is 0 Å². The number of hydrogen-bond donors (Lipinski definition) is 1. The molecule has 1 aliphatic heterocycles. The van der Waals surface area contributed by atoms with Crippen molar-refractivity contribution in [2.75, 3.05) is 20.1 Å². The first kappa shape index (κ1) is 18.7. The minimum Gasteiger partial charge on any atom is -0.295 e. The number of amides is 1. The van der Waals surface area contributed by atoms with Crippen molar-refractivity contribution in [3.8, 4) is 0 Å². The number of halogens is 2. The molecule has 1 heterocycles. The quantitative estimate of drug-likeness (QED) is 0.876. The molecule has 0 spiro atoms. The fourth-order valence-electron chi connectivity index (χ4n) is 3.23. The Hall–Kier alpha value is -0.610. The van der Waals surface area contributed by atoms with E-state index in [0.29, 0.717) is 22.5 Å². The van der Waals surface area contributed by atoms with Crippen molar-refractivity contribution >= 4 is 29.1 Å². The zero-order valence-electron chi connectivity index (χ0n) is 14.5. The summed E-state index contributed by atoms with van der Waals surface area (Å²) in [6, 6.07) is 5.77. The normalized spacial score (nSPS) is 18.9. The molecule has 1 aromatic carbocycles. The third kappa shape index (κ3) is 4.27. The number of benzene rings is 1. The lowest BCUT2D eigenvalue weighted by Crippen LogP contribution is -3.21. The highest BCUT2D eigenvalue weighted by atomic mass is 35.5. The van der Waals surface area contributed by atoms with Gasteiger partial charge in [-0.05, 0) is 64.4 Å². The third-order valence-corrected chi connectivity index (χ3v) is 6.21. The van der Waals surface area contributed by atoms with Crippen LogP contribution < -0.4 is 4.90 Å². The maximum atomic E-state index is 12.7. The van der Waals surface area contributed by atoms with E-state index in [1.165, 1.54) is 12.8 Å². The summed E-state index contributed by atoms with van der Waals surface area (Å²) in [5.74, 6) is 0.180. The highest BCUT2D eigenvalue weighted by molar-refractivity contribution is 6.42. The first-order valence-electron chi connectivity index (χ1n) is 8.28. The SMILES string of the molecule is C[C@H](N1CCCC1)C(C)(C)[NH+](C)C(=O)Cc1ccc(Cl)c(Cl)c1. The van der Waals surface area contributed by atoms with Gasteiger partial charge in [-0.2, -0.15) is 0 Å². The molecule has 1 N–H and O–H groups in total. The Labute approximate surface area is 149 Å². The minimum absolute atomic E-state index is 0.141. The summed E-state index contributed by atoms with van der Waals surface area (Å²) in [4.78, 5) is 16.2. The van der Waals surface area contributed by atoms with E-state index in [1.54, 1.807) is 12.1 Å². The summed E-state index contributed by atoms with van der Waals surface area (Å²) >= 11 is 12.0. The molecule has 3 nitrogen and oxygen atoms in total. The molecular weight excluding hydrogens is 331 g/mol. The number of carbonyl (C=O) groups is 1. The Morgan fingerprint density at radius 3 is 2.43 bits per heavy atom. The van der Waals surface area contributed by atoms with Crippen LogP contribution in [0.1, 0.15) is 39.2 Å². The number of likely N-dealkylation sites (N-methyl/N-ethyl adjacent to an activating group) is 1. The number of carbonyl (C=O) groups excluding carboxylic acids is 1. The van der Waals surface area contributed by atoms with Gasteiger partial charge in [0, 0.05) is 0 Å². The number of hydrogen-bond acceptors (Lipinski definition) is 2. The number of nitrogens with one attached hydrogen (secondary N) is 1. The van der Waals surface area contributed by atoms with Crippen molar-refractivity contribution in [3.05, 3.63) is 33.8 Å². The van der Waals surface area contributed by atoms with Crippen molar-refractivity contribution < 1.29 is 9.69 Å². The Balaban J connectivity index is 2.06. The molecule has 2 atom stereocenters. The van der Waals surface area contributed by atoms with E-state index in [1.807, 2.05) is 13.1 Å². The van der Waals surface area contributed by atoms with E-state index in [9.17, 15) is 4.79 Å². The van der Waals surface area contributed by atoms with E-state index in [0.717, 1.165) is 23.6 Å². The van der Waals surface area contributed by atoms with Crippen molar-refractivity contribution in [3.63, 3.8) is 0 Å². The number of nitrogens with zero attached hydrogens (tertiary/aromatic N) is 1. The van der Waals surface area contributed by atoms with E-state index in [2.05, 4.69) is 25.7 Å². The summed E-state index contributed by atoms with van der Waals surface area (Å²) in [5.41, 5.74) is 0.769. The van der Waals surface area contributed by atoms with Crippen LogP contribution in [0.25, 0.3) is 0 Å². The molecule has 1 saturated heterocycles. The smallest absolute Gasteiger partial charge is 0.295 e. The predicted octanol–water partition coefficient (Wildman–Crippen LogP) is 2.84. The third-order valence-electron chi connectivity index (χ3n) is 5.47. The lowest BCUT2D eigenvalue weighted by atomic mass is 9.92. The van der Waals surface area contributed by atoms with Crippen LogP contribution in [0.2, 0.25) is 10.0 Å².